The molecule has 6 heteroatoms. The molecule has 2 aromatic rings. The van der Waals surface area contributed by atoms with Crippen LogP contribution in [0.3, 0.4) is 0 Å². The predicted molar refractivity (Wildman–Crippen MR) is 99.1 cm³/mol. The van der Waals surface area contributed by atoms with Crippen molar-refractivity contribution in [3.63, 3.8) is 0 Å². The lowest BCUT2D eigenvalue weighted by Gasteiger charge is -2.26. The number of benzene rings is 1. The summed E-state index contributed by atoms with van der Waals surface area (Å²) in [6, 6.07) is 9.83. The number of methoxy groups -OCH3 is 1. The van der Waals surface area contributed by atoms with E-state index in [9.17, 15) is 9.59 Å². The Morgan fingerprint density at radius 2 is 1.85 bits per heavy atom. The van der Waals surface area contributed by atoms with Crippen molar-refractivity contribution < 1.29 is 14.3 Å². The molecule has 1 aromatic heterocycles. The molecule has 0 aliphatic heterocycles. The predicted octanol–water partition coefficient (Wildman–Crippen LogP) is 3.41. The highest BCUT2D eigenvalue weighted by molar-refractivity contribution is 5.94. The SMILES string of the molecule is COC(=O)[C@@H]1CCC[C@@H](C(=O)Nc2c(C)nn(-c3ccccc3)c2C)C1. The van der Waals surface area contributed by atoms with Crippen LogP contribution in [0.15, 0.2) is 30.3 Å². The first-order valence-corrected chi connectivity index (χ1v) is 9.01. The second-order valence-electron chi connectivity index (χ2n) is 6.87. The lowest BCUT2D eigenvalue weighted by molar-refractivity contribution is -0.147. The number of nitrogens with zero attached hydrogens (tertiary/aromatic N) is 2. The number of rotatable bonds is 4. The number of nitrogens with one attached hydrogen (secondary N) is 1. The van der Waals surface area contributed by atoms with E-state index in [0.717, 1.165) is 42.0 Å². The highest BCUT2D eigenvalue weighted by atomic mass is 16.5. The number of aryl methyl sites for hydroxylation is 1. The molecule has 2 atom stereocenters. The lowest BCUT2D eigenvalue weighted by atomic mass is 9.81. The zero-order chi connectivity index (χ0) is 18.7. The Balaban J connectivity index is 1.76. The second kappa shape index (κ2) is 7.72. The van der Waals surface area contributed by atoms with E-state index in [2.05, 4.69) is 10.4 Å². The number of aromatic nitrogens is 2. The van der Waals surface area contributed by atoms with Crippen molar-refractivity contribution in [1.29, 1.82) is 0 Å². The van der Waals surface area contributed by atoms with Crippen LogP contribution < -0.4 is 5.32 Å². The summed E-state index contributed by atoms with van der Waals surface area (Å²) in [6.07, 6.45) is 2.99. The third-order valence-electron chi connectivity index (χ3n) is 5.12. The zero-order valence-corrected chi connectivity index (χ0v) is 15.5. The van der Waals surface area contributed by atoms with Crippen molar-refractivity contribution >= 4 is 17.6 Å². The summed E-state index contributed by atoms with van der Waals surface area (Å²) in [5.74, 6) is -0.616. The average molecular weight is 355 g/mol. The van der Waals surface area contributed by atoms with E-state index in [0.29, 0.717) is 6.42 Å². The number of amides is 1. The Labute approximate surface area is 153 Å². The lowest BCUT2D eigenvalue weighted by Crippen LogP contribution is -2.31. The maximum atomic E-state index is 12.8. The van der Waals surface area contributed by atoms with Crippen molar-refractivity contribution in [1.82, 2.24) is 9.78 Å². The van der Waals surface area contributed by atoms with Crippen LogP contribution in [0.1, 0.15) is 37.1 Å². The molecule has 1 fully saturated rings. The van der Waals surface area contributed by atoms with Gasteiger partial charge in [-0.3, -0.25) is 9.59 Å². The van der Waals surface area contributed by atoms with Gasteiger partial charge in [0, 0.05) is 5.92 Å². The van der Waals surface area contributed by atoms with Crippen LogP contribution in [-0.2, 0) is 14.3 Å². The van der Waals surface area contributed by atoms with Gasteiger partial charge in [-0.1, -0.05) is 24.6 Å². The minimum Gasteiger partial charge on any atom is -0.469 e. The van der Waals surface area contributed by atoms with Crippen LogP contribution in [0, 0.1) is 25.7 Å². The van der Waals surface area contributed by atoms with E-state index >= 15 is 0 Å². The Kier molecular flexibility index (Phi) is 5.40. The molecule has 1 amide bonds. The molecular weight excluding hydrogens is 330 g/mol. The van der Waals surface area contributed by atoms with Crippen molar-refractivity contribution in [2.45, 2.75) is 39.5 Å². The standard InChI is InChI=1S/C20H25N3O3/c1-13-18(14(2)23(22-13)17-10-5-4-6-11-17)21-19(24)15-8-7-9-16(12-15)20(25)26-3/h4-6,10-11,15-16H,7-9,12H2,1-3H3,(H,21,24)/t15-,16-/m1/s1. The summed E-state index contributed by atoms with van der Waals surface area (Å²) in [7, 11) is 1.40. The Bertz CT molecular complexity index is 798. The summed E-state index contributed by atoms with van der Waals surface area (Å²) in [5, 5.41) is 7.60. The smallest absolute Gasteiger partial charge is 0.308 e. The number of esters is 1. The first kappa shape index (κ1) is 18.2. The molecule has 1 N–H and O–H groups in total. The van der Waals surface area contributed by atoms with E-state index in [-0.39, 0.29) is 23.7 Å². The van der Waals surface area contributed by atoms with Gasteiger partial charge in [0.1, 0.15) is 0 Å². The maximum absolute atomic E-state index is 12.8. The number of hydrogen-bond donors (Lipinski definition) is 1. The van der Waals surface area contributed by atoms with Gasteiger partial charge in [0.2, 0.25) is 5.91 Å². The Morgan fingerprint density at radius 3 is 2.54 bits per heavy atom. The maximum Gasteiger partial charge on any atom is 0.308 e. The van der Waals surface area contributed by atoms with Gasteiger partial charge in [0.05, 0.1) is 35.8 Å². The van der Waals surface area contributed by atoms with Gasteiger partial charge in [-0.2, -0.15) is 5.10 Å². The fourth-order valence-corrected chi connectivity index (χ4v) is 3.68. The number of anilines is 1. The molecule has 3 rings (SSSR count). The third kappa shape index (κ3) is 3.64. The number of para-hydroxylation sites is 1. The number of carbonyl (C=O) groups is 2. The summed E-state index contributed by atoms with van der Waals surface area (Å²) >= 11 is 0. The molecule has 0 radical (unpaired) electrons. The second-order valence-corrected chi connectivity index (χ2v) is 6.87. The molecule has 1 saturated carbocycles. The summed E-state index contributed by atoms with van der Waals surface area (Å²) in [6.45, 7) is 3.83. The molecule has 6 nitrogen and oxygen atoms in total. The highest BCUT2D eigenvalue weighted by Gasteiger charge is 2.32. The summed E-state index contributed by atoms with van der Waals surface area (Å²) in [5.41, 5.74) is 3.37. The number of carbonyl (C=O) groups excluding carboxylic acids is 2. The molecule has 1 aliphatic carbocycles. The highest BCUT2D eigenvalue weighted by Crippen LogP contribution is 2.31. The van der Waals surface area contributed by atoms with E-state index in [4.69, 9.17) is 4.74 Å². The fourth-order valence-electron chi connectivity index (χ4n) is 3.68. The minimum absolute atomic E-state index is 0.0441. The fraction of sp³-hybridized carbons (Fsp3) is 0.450. The summed E-state index contributed by atoms with van der Waals surface area (Å²) in [4.78, 5) is 24.6. The van der Waals surface area contributed by atoms with Crippen LogP contribution in [0.2, 0.25) is 0 Å². The number of hydrogen-bond acceptors (Lipinski definition) is 4. The molecule has 138 valence electrons. The van der Waals surface area contributed by atoms with E-state index in [1.807, 2.05) is 48.9 Å². The summed E-state index contributed by atoms with van der Waals surface area (Å²) < 4.78 is 6.68. The van der Waals surface area contributed by atoms with Crippen molar-refractivity contribution in [3.8, 4) is 5.69 Å². The molecule has 1 heterocycles. The van der Waals surface area contributed by atoms with Gasteiger partial charge in [0.15, 0.2) is 0 Å². The van der Waals surface area contributed by atoms with Crippen molar-refractivity contribution in [2.24, 2.45) is 11.8 Å². The first-order valence-electron chi connectivity index (χ1n) is 9.01. The largest absolute Gasteiger partial charge is 0.469 e. The van der Waals surface area contributed by atoms with Crippen LogP contribution in [0.25, 0.3) is 5.69 Å². The van der Waals surface area contributed by atoms with Gasteiger partial charge < -0.3 is 10.1 Å². The third-order valence-corrected chi connectivity index (χ3v) is 5.12. The molecule has 0 unspecified atom stereocenters. The Morgan fingerprint density at radius 1 is 1.15 bits per heavy atom. The molecule has 0 spiro atoms. The van der Waals surface area contributed by atoms with Gasteiger partial charge in [-0.15, -0.1) is 0 Å². The zero-order valence-electron chi connectivity index (χ0n) is 15.5. The average Bonchev–Trinajstić information content (AvgIpc) is 2.96. The normalized spacial score (nSPS) is 19.8. The van der Waals surface area contributed by atoms with E-state index in [1.54, 1.807) is 0 Å². The molecule has 0 saturated heterocycles. The van der Waals surface area contributed by atoms with Gasteiger partial charge in [-0.25, -0.2) is 4.68 Å². The van der Waals surface area contributed by atoms with E-state index < -0.39 is 0 Å². The quantitative estimate of drug-likeness (QED) is 0.853. The topological polar surface area (TPSA) is 73.2 Å². The Hall–Kier alpha value is -2.63. The van der Waals surface area contributed by atoms with Gasteiger partial charge in [0.25, 0.3) is 0 Å². The van der Waals surface area contributed by atoms with Crippen molar-refractivity contribution in [2.75, 3.05) is 12.4 Å². The van der Waals surface area contributed by atoms with Crippen molar-refractivity contribution in [3.05, 3.63) is 41.7 Å². The van der Waals surface area contributed by atoms with Gasteiger partial charge in [-0.05, 0) is 45.2 Å². The molecule has 1 aromatic carbocycles. The van der Waals surface area contributed by atoms with Gasteiger partial charge >= 0.3 is 5.97 Å². The van der Waals surface area contributed by atoms with E-state index in [1.165, 1.54) is 7.11 Å². The van der Waals surface area contributed by atoms with Crippen LogP contribution >= 0.6 is 0 Å². The molecule has 26 heavy (non-hydrogen) atoms. The molecule has 1 aliphatic rings. The first-order chi connectivity index (χ1) is 12.5. The van der Waals surface area contributed by atoms with Crippen LogP contribution in [-0.4, -0.2) is 28.8 Å². The minimum atomic E-state index is -0.216. The van der Waals surface area contributed by atoms with Crippen LogP contribution in [0.4, 0.5) is 5.69 Å². The monoisotopic (exact) mass is 355 g/mol. The molecular formula is C20H25N3O3. The molecule has 0 bridgehead atoms. The number of ether oxygens (including phenoxy) is 1. The van der Waals surface area contributed by atoms with Crippen LogP contribution in [0.5, 0.6) is 0 Å².